The van der Waals surface area contributed by atoms with Gasteiger partial charge in [0.1, 0.15) is 5.75 Å². The number of nitrogens with two attached hydrogens (primary N) is 1. The normalized spacial score (nSPS) is 18.6. The minimum atomic E-state index is 0.0405. The number of rotatable bonds is 4. The third-order valence-corrected chi connectivity index (χ3v) is 3.76. The van der Waals surface area contributed by atoms with Gasteiger partial charge in [-0.15, -0.1) is 0 Å². The molecule has 1 aromatic carbocycles. The largest absolute Gasteiger partial charge is 0.497 e. The third kappa shape index (κ3) is 3.00. The molecule has 1 aromatic rings. The molecule has 0 saturated carbocycles. The Morgan fingerprint density at radius 1 is 1.53 bits per heavy atom. The summed E-state index contributed by atoms with van der Waals surface area (Å²) in [6.45, 7) is 3.89. The minimum absolute atomic E-state index is 0.0405. The van der Waals surface area contributed by atoms with Crippen molar-refractivity contribution in [3.8, 4) is 5.75 Å². The van der Waals surface area contributed by atoms with Gasteiger partial charge in [0.15, 0.2) is 0 Å². The van der Waals surface area contributed by atoms with E-state index in [4.69, 9.17) is 10.5 Å². The van der Waals surface area contributed by atoms with Gasteiger partial charge in [-0.05, 0) is 30.9 Å². The predicted molar refractivity (Wildman–Crippen MR) is 76.3 cm³/mol. The van der Waals surface area contributed by atoms with E-state index < -0.39 is 0 Å². The molecule has 0 spiro atoms. The number of nitrogens with zero attached hydrogens (tertiary/aromatic N) is 1. The molecule has 1 aliphatic heterocycles. The molecule has 1 aliphatic rings. The van der Waals surface area contributed by atoms with Crippen LogP contribution in [0.15, 0.2) is 18.2 Å². The van der Waals surface area contributed by atoms with Crippen LogP contribution in [0.1, 0.15) is 36.5 Å². The number of anilines is 1. The fraction of sp³-hybridized carbons (Fsp3) is 0.533. The second-order valence-electron chi connectivity index (χ2n) is 5.15. The summed E-state index contributed by atoms with van der Waals surface area (Å²) < 4.78 is 5.10. The molecule has 1 saturated heterocycles. The van der Waals surface area contributed by atoms with Crippen molar-refractivity contribution < 1.29 is 9.53 Å². The topological polar surface area (TPSA) is 55.6 Å². The second kappa shape index (κ2) is 5.95. The van der Waals surface area contributed by atoms with Crippen molar-refractivity contribution in [1.29, 1.82) is 0 Å². The number of carbonyl (C=O) groups excluding carboxylic acids is 1. The Balaban J connectivity index is 2.08. The lowest BCUT2D eigenvalue weighted by molar-refractivity contribution is 0.0787. The molecule has 1 atom stereocenters. The molecular weight excluding hydrogens is 240 g/mol. The average molecular weight is 262 g/mol. The van der Waals surface area contributed by atoms with Gasteiger partial charge < -0.3 is 15.4 Å². The van der Waals surface area contributed by atoms with Crippen molar-refractivity contribution in [2.24, 2.45) is 5.92 Å². The van der Waals surface area contributed by atoms with E-state index in [0.717, 1.165) is 19.5 Å². The Labute approximate surface area is 114 Å². The SMILES string of the molecule is CCCC1CCN(C(=O)c2ccc(OC)cc2N)C1. The standard InChI is InChI=1S/C15H22N2O2/c1-3-4-11-7-8-17(10-11)15(18)13-6-5-12(19-2)9-14(13)16/h5-6,9,11H,3-4,7-8,10,16H2,1-2H3. The van der Waals surface area contributed by atoms with Crippen LogP contribution in [-0.4, -0.2) is 31.0 Å². The number of nitrogen functional groups attached to an aromatic ring is 1. The van der Waals surface area contributed by atoms with E-state index in [-0.39, 0.29) is 5.91 Å². The molecule has 1 heterocycles. The van der Waals surface area contributed by atoms with Crippen LogP contribution in [-0.2, 0) is 0 Å². The first kappa shape index (κ1) is 13.7. The maximum Gasteiger partial charge on any atom is 0.255 e. The van der Waals surface area contributed by atoms with Crippen molar-refractivity contribution in [2.45, 2.75) is 26.2 Å². The fourth-order valence-corrected chi connectivity index (χ4v) is 2.69. The lowest BCUT2D eigenvalue weighted by Gasteiger charge is -2.18. The molecule has 104 valence electrons. The first-order valence-electron chi connectivity index (χ1n) is 6.88. The van der Waals surface area contributed by atoms with Gasteiger partial charge in [0, 0.05) is 24.8 Å². The van der Waals surface area contributed by atoms with Gasteiger partial charge >= 0.3 is 0 Å². The molecule has 1 unspecified atom stereocenters. The van der Waals surface area contributed by atoms with Gasteiger partial charge in [-0.25, -0.2) is 0 Å². The summed E-state index contributed by atoms with van der Waals surface area (Å²) in [7, 11) is 1.59. The van der Waals surface area contributed by atoms with Gasteiger partial charge in [-0.2, -0.15) is 0 Å². The summed E-state index contributed by atoms with van der Waals surface area (Å²) in [5, 5.41) is 0. The maximum absolute atomic E-state index is 12.4. The van der Waals surface area contributed by atoms with E-state index in [0.29, 0.717) is 22.9 Å². The number of hydrogen-bond donors (Lipinski definition) is 1. The van der Waals surface area contributed by atoms with Gasteiger partial charge in [-0.1, -0.05) is 13.3 Å². The van der Waals surface area contributed by atoms with Crippen LogP contribution in [0, 0.1) is 5.92 Å². The zero-order valence-corrected chi connectivity index (χ0v) is 11.7. The number of benzene rings is 1. The van der Waals surface area contributed by atoms with Crippen molar-refractivity contribution in [3.05, 3.63) is 23.8 Å². The molecule has 2 N–H and O–H groups in total. The van der Waals surface area contributed by atoms with Crippen LogP contribution in [0.25, 0.3) is 0 Å². The van der Waals surface area contributed by atoms with Crippen LogP contribution in [0.3, 0.4) is 0 Å². The Hall–Kier alpha value is -1.71. The number of ether oxygens (including phenoxy) is 1. The zero-order valence-electron chi connectivity index (χ0n) is 11.7. The molecule has 4 nitrogen and oxygen atoms in total. The monoisotopic (exact) mass is 262 g/mol. The molecule has 0 aliphatic carbocycles. The van der Waals surface area contributed by atoms with Gasteiger partial charge in [0.2, 0.25) is 0 Å². The Kier molecular flexibility index (Phi) is 4.30. The van der Waals surface area contributed by atoms with E-state index in [9.17, 15) is 4.79 Å². The zero-order chi connectivity index (χ0) is 13.8. The van der Waals surface area contributed by atoms with Crippen molar-refractivity contribution in [3.63, 3.8) is 0 Å². The van der Waals surface area contributed by atoms with Crippen LogP contribution in [0.5, 0.6) is 5.75 Å². The molecule has 0 aromatic heterocycles. The summed E-state index contributed by atoms with van der Waals surface area (Å²) in [5.41, 5.74) is 7.00. The summed E-state index contributed by atoms with van der Waals surface area (Å²) in [5.74, 6) is 1.37. The molecular formula is C15H22N2O2. The highest BCUT2D eigenvalue weighted by atomic mass is 16.5. The molecule has 2 rings (SSSR count). The Bertz CT molecular complexity index is 459. The van der Waals surface area contributed by atoms with Crippen LogP contribution >= 0.6 is 0 Å². The minimum Gasteiger partial charge on any atom is -0.497 e. The Morgan fingerprint density at radius 2 is 2.32 bits per heavy atom. The summed E-state index contributed by atoms with van der Waals surface area (Å²) in [6, 6.07) is 5.24. The fourth-order valence-electron chi connectivity index (χ4n) is 2.69. The second-order valence-corrected chi connectivity index (χ2v) is 5.15. The highest BCUT2D eigenvalue weighted by Gasteiger charge is 2.27. The van der Waals surface area contributed by atoms with Crippen LogP contribution in [0.2, 0.25) is 0 Å². The lowest BCUT2D eigenvalue weighted by Crippen LogP contribution is -2.29. The first-order chi connectivity index (χ1) is 9.15. The quantitative estimate of drug-likeness (QED) is 0.848. The summed E-state index contributed by atoms with van der Waals surface area (Å²) >= 11 is 0. The molecule has 0 radical (unpaired) electrons. The number of carbonyl (C=O) groups is 1. The van der Waals surface area contributed by atoms with Crippen LogP contribution < -0.4 is 10.5 Å². The average Bonchev–Trinajstić information content (AvgIpc) is 2.87. The van der Waals surface area contributed by atoms with E-state index in [2.05, 4.69) is 6.92 Å². The van der Waals surface area contributed by atoms with E-state index in [1.54, 1.807) is 25.3 Å². The maximum atomic E-state index is 12.4. The molecule has 1 fully saturated rings. The summed E-state index contributed by atoms with van der Waals surface area (Å²) in [4.78, 5) is 14.3. The third-order valence-electron chi connectivity index (χ3n) is 3.76. The van der Waals surface area contributed by atoms with E-state index >= 15 is 0 Å². The van der Waals surface area contributed by atoms with Crippen molar-refractivity contribution in [2.75, 3.05) is 25.9 Å². The highest BCUT2D eigenvalue weighted by molar-refractivity contribution is 5.99. The molecule has 19 heavy (non-hydrogen) atoms. The highest BCUT2D eigenvalue weighted by Crippen LogP contribution is 2.26. The number of methoxy groups -OCH3 is 1. The van der Waals surface area contributed by atoms with Crippen molar-refractivity contribution >= 4 is 11.6 Å². The molecule has 4 heteroatoms. The van der Waals surface area contributed by atoms with E-state index in [1.165, 1.54) is 12.8 Å². The number of likely N-dealkylation sites (tertiary alicyclic amines) is 1. The van der Waals surface area contributed by atoms with Gasteiger partial charge in [0.05, 0.1) is 12.7 Å². The molecule has 1 amide bonds. The summed E-state index contributed by atoms with van der Waals surface area (Å²) in [6.07, 6.45) is 3.48. The van der Waals surface area contributed by atoms with Crippen molar-refractivity contribution in [1.82, 2.24) is 4.90 Å². The number of amides is 1. The first-order valence-corrected chi connectivity index (χ1v) is 6.88. The Morgan fingerprint density at radius 3 is 2.95 bits per heavy atom. The van der Waals surface area contributed by atoms with Gasteiger partial charge in [0.25, 0.3) is 5.91 Å². The van der Waals surface area contributed by atoms with E-state index in [1.807, 2.05) is 4.90 Å². The molecule has 0 bridgehead atoms. The van der Waals surface area contributed by atoms with Gasteiger partial charge in [-0.3, -0.25) is 4.79 Å². The predicted octanol–water partition coefficient (Wildman–Crippen LogP) is 2.54. The smallest absolute Gasteiger partial charge is 0.255 e. The lowest BCUT2D eigenvalue weighted by atomic mass is 10.0. The number of hydrogen-bond acceptors (Lipinski definition) is 3. The van der Waals surface area contributed by atoms with Crippen LogP contribution in [0.4, 0.5) is 5.69 Å².